The van der Waals surface area contributed by atoms with Crippen molar-refractivity contribution in [3.05, 3.63) is 40.1 Å². The first-order valence-electron chi connectivity index (χ1n) is 4.46. The summed E-state index contributed by atoms with van der Waals surface area (Å²) in [6.45, 7) is 0. The normalized spacial score (nSPS) is 10.5. The molecule has 0 aliphatic rings. The highest BCUT2D eigenvalue weighted by Gasteiger charge is 2.16. The third-order valence-corrected chi connectivity index (χ3v) is 2.61. The molecule has 1 heterocycles. The minimum absolute atomic E-state index is 0.342. The van der Waals surface area contributed by atoms with Crippen molar-refractivity contribution in [3.8, 4) is 11.4 Å². The zero-order valence-corrected chi connectivity index (χ0v) is 9.77. The van der Waals surface area contributed by atoms with Gasteiger partial charge in [-0.15, -0.1) is 0 Å². The Bertz CT molecular complexity index is 595. The van der Waals surface area contributed by atoms with Crippen LogP contribution in [0.5, 0.6) is 5.75 Å². The Morgan fingerprint density at radius 2 is 2.06 bits per heavy atom. The Labute approximate surface area is 106 Å². The molecule has 0 aliphatic carbocycles. The molecular formula is C10H6Cl2N2O3. The molecule has 2 rings (SSSR count). The fourth-order valence-electron chi connectivity index (χ4n) is 1.30. The van der Waals surface area contributed by atoms with E-state index in [0.717, 1.165) is 10.9 Å². The van der Waals surface area contributed by atoms with Crippen LogP contribution in [-0.4, -0.2) is 26.0 Å². The summed E-state index contributed by atoms with van der Waals surface area (Å²) < 4.78 is 1.16. The lowest BCUT2D eigenvalue weighted by atomic mass is 10.3. The van der Waals surface area contributed by atoms with Crippen LogP contribution < -0.4 is 0 Å². The number of benzene rings is 1. The average molecular weight is 273 g/mol. The van der Waals surface area contributed by atoms with Gasteiger partial charge in [0.25, 0.3) is 0 Å². The highest BCUT2D eigenvalue weighted by Crippen LogP contribution is 2.26. The lowest BCUT2D eigenvalue weighted by molar-refractivity contribution is 0.0687. The van der Waals surface area contributed by atoms with Crippen LogP contribution in [0.3, 0.4) is 0 Å². The van der Waals surface area contributed by atoms with Gasteiger partial charge in [0.15, 0.2) is 5.75 Å². The SMILES string of the molecule is O=C(O)c1nn(-c2cc(Cl)ccc2Cl)cc1O. The third-order valence-electron chi connectivity index (χ3n) is 2.05. The summed E-state index contributed by atoms with van der Waals surface area (Å²) in [7, 11) is 0. The lowest BCUT2D eigenvalue weighted by Crippen LogP contribution is -2.01. The molecule has 7 heteroatoms. The molecule has 2 aromatic rings. The van der Waals surface area contributed by atoms with E-state index in [-0.39, 0.29) is 0 Å². The topological polar surface area (TPSA) is 75.3 Å². The van der Waals surface area contributed by atoms with Gasteiger partial charge in [-0.3, -0.25) is 0 Å². The Hall–Kier alpha value is -1.72. The number of nitrogens with zero attached hydrogens (tertiary/aromatic N) is 2. The second-order valence-corrected chi connectivity index (χ2v) is 4.05. The molecule has 0 bridgehead atoms. The van der Waals surface area contributed by atoms with Gasteiger partial charge in [-0.1, -0.05) is 23.2 Å². The van der Waals surface area contributed by atoms with Crippen LogP contribution in [0, 0.1) is 0 Å². The van der Waals surface area contributed by atoms with Gasteiger partial charge < -0.3 is 10.2 Å². The van der Waals surface area contributed by atoms with Gasteiger partial charge in [0, 0.05) is 5.02 Å². The molecule has 0 fully saturated rings. The first-order valence-corrected chi connectivity index (χ1v) is 5.22. The van der Waals surface area contributed by atoms with Crippen LogP contribution in [0.2, 0.25) is 10.0 Å². The van der Waals surface area contributed by atoms with Gasteiger partial charge in [0.2, 0.25) is 5.69 Å². The van der Waals surface area contributed by atoms with Crippen molar-refractivity contribution in [3.63, 3.8) is 0 Å². The molecule has 88 valence electrons. The molecule has 1 aromatic heterocycles. The summed E-state index contributed by atoms with van der Waals surface area (Å²) in [6, 6.07) is 4.66. The van der Waals surface area contributed by atoms with Crippen LogP contribution in [0.25, 0.3) is 5.69 Å². The fraction of sp³-hybridized carbons (Fsp3) is 0. The summed E-state index contributed by atoms with van der Waals surface area (Å²) in [4.78, 5) is 10.7. The van der Waals surface area contributed by atoms with E-state index >= 15 is 0 Å². The van der Waals surface area contributed by atoms with Crippen LogP contribution in [0.1, 0.15) is 10.5 Å². The first-order chi connectivity index (χ1) is 7.99. The van der Waals surface area contributed by atoms with Crippen LogP contribution >= 0.6 is 23.2 Å². The van der Waals surface area contributed by atoms with Crippen molar-refractivity contribution in [1.29, 1.82) is 0 Å². The molecule has 0 saturated heterocycles. The summed E-state index contributed by atoms with van der Waals surface area (Å²) in [5.74, 6) is -1.76. The summed E-state index contributed by atoms with van der Waals surface area (Å²) in [6.07, 6.45) is 1.15. The lowest BCUT2D eigenvalue weighted by Gasteiger charge is -2.03. The number of carbonyl (C=O) groups is 1. The Morgan fingerprint density at radius 1 is 1.35 bits per heavy atom. The average Bonchev–Trinajstić information content (AvgIpc) is 2.64. The molecule has 0 radical (unpaired) electrons. The third kappa shape index (κ3) is 2.20. The minimum atomic E-state index is -1.32. The van der Waals surface area contributed by atoms with E-state index in [9.17, 15) is 9.90 Å². The van der Waals surface area contributed by atoms with E-state index in [1.54, 1.807) is 12.1 Å². The van der Waals surface area contributed by atoms with Crippen molar-refractivity contribution >= 4 is 29.2 Å². The number of aromatic nitrogens is 2. The number of aromatic hydroxyl groups is 1. The minimum Gasteiger partial charge on any atom is -0.504 e. The molecule has 0 amide bonds. The number of carboxylic acids is 1. The first kappa shape index (κ1) is 11.8. The van der Waals surface area contributed by atoms with Gasteiger partial charge in [-0.05, 0) is 18.2 Å². The predicted molar refractivity (Wildman–Crippen MR) is 62.2 cm³/mol. The maximum absolute atomic E-state index is 10.7. The van der Waals surface area contributed by atoms with E-state index < -0.39 is 17.4 Å². The molecule has 5 nitrogen and oxygen atoms in total. The molecular weight excluding hydrogens is 267 g/mol. The number of halogens is 2. The molecule has 0 unspecified atom stereocenters. The largest absolute Gasteiger partial charge is 0.504 e. The monoisotopic (exact) mass is 272 g/mol. The van der Waals surface area contributed by atoms with Gasteiger partial charge in [0.1, 0.15) is 0 Å². The van der Waals surface area contributed by atoms with Crippen molar-refractivity contribution in [2.24, 2.45) is 0 Å². The number of carboxylic acid groups (broad SMARTS) is 1. The second kappa shape index (κ2) is 4.27. The van der Waals surface area contributed by atoms with Gasteiger partial charge in [-0.25, -0.2) is 9.48 Å². The standard InChI is InChI=1S/C10H6Cl2N2O3/c11-5-1-2-6(12)7(3-5)14-4-8(15)9(13-14)10(16)17/h1-4,15H,(H,16,17). The summed E-state index contributed by atoms with van der Waals surface area (Å²) >= 11 is 11.7. The van der Waals surface area contributed by atoms with Crippen LogP contribution in [0.4, 0.5) is 0 Å². The van der Waals surface area contributed by atoms with E-state index in [1.807, 2.05) is 0 Å². The van der Waals surface area contributed by atoms with Crippen LogP contribution in [0.15, 0.2) is 24.4 Å². The molecule has 2 N–H and O–H groups in total. The second-order valence-electron chi connectivity index (χ2n) is 3.21. The van der Waals surface area contributed by atoms with E-state index in [4.69, 9.17) is 28.3 Å². The van der Waals surface area contributed by atoms with Gasteiger partial charge in [-0.2, -0.15) is 5.10 Å². The highest BCUT2D eigenvalue weighted by molar-refractivity contribution is 6.34. The predicted octanol–water partition coefficient (Wildman–Crippen LogP) is 2.58. The van der Waals surface area contributed by atoms with Crippen molar-refractivity contribution in [2.75, 3.05) is 0 Å². The zero-order chi connectivity index (χ0) is 12.6. The molecule has 0 spiro atoms. The number of rotatable bonds is 2. The number of hydrogen-bond acceptors (Lipinski definition) is 3. The molecule has 0 aliphatic heterocycles. The van der Waals surface area contributed by atoms with E-state index in [1.165, 1.54) is 6.07 Å². The highest BCUT2D eigenvalue weighted by atomic mass is 35.5. The Morgan fingerprint density at radius 3 is 2.65 bits per heavy atom. The fourth-order valence-corrected chi connectivity index (χ4v) is 1.67. The maximum atomic E-state index is 10.7. The molecule has 0 saturated carbocycles. The van der Waals surface area contributed by atoms with Crippen molar-refractivity contribution in [2.45, 2.75) is 0 Å². The number of hydrogen-bond donors (Lipinski definition) is 2. The maximum Gasteiger partial charge on any atom is 0.360 e. The quantitative estimate of drug-likeness (QED) is 0.881. The molecule has 0 atom stereocenters. The van der Waals surface area contributed by atoms with Crippen molar-refractivity contribution in [1.82, 2.24) is 9.78 Å². The van der Waals surface area contributed by atoms with Gasteiger partial charge in [0.05, 0.1) is 16.9 Å². The smallest absolute Gasteiger partial charge is 0.360 e. The van der Waals surface area contributed by atoms with Gasteiger partial charge >= 0.3 is 5.97 Å². The van der Waals surface area contributed by atoms with Crippen LogP contribution in [-0.2, 0) is 0 Å². The van der Waals surface area contributed by atoms with Crippen molar-refractivity contribution < 1.29 is 15.0 Å². The number of aromatic carboxylic acids is 1. The molecule has 17 heavy (non-hydrogen) atoms. The molecule has 1 aromatic carbocycles. The van der Waals surface area contributed by atoms with E-state index in [2.05, 4.69) is 5.10 Å². The Balaban J connectivity index is 2.57. The summed E-state index contributed by atoms with van der Waals surface area (Å²) in [5, 5.41) is 22.6. The van der Waals surface area contributed by atoms with E-state index in [0.29, 0.717) is 15.7 Å². The summed E-state index contributed by atoms with van der Waals surface area (Å²) in [5.41, 5.74) is -0.0528. The Kier molecular flexibility index (Phi) is 2.95. The zero-order valence-electron chi connectivity index (χ0n) is 8.26.